The molecule has 0 aliphatic carbocycles. The molecule has 0 bridgehead atoms. The molecular formula is C28H28N6O5S. The Morgan fingerprint density at radius 1 is 1.07 bits per heavy atom. The van der Waals surface area contributed by atoms with Crippen LogP contribution >= 0.6 is 0 Å². The van der Waals surface area contributed by atoms with Crippen LogP contribution in [0.25, 0.3) is 22.3 Å². The number of nitrogens with one attached hydrogen (secondary N) is 1. The van der Waals surface area contributed by atoms with Crippen molar-refractivity contribution in [2.24, 2.45) is 0 Å². The van der Waals surface area contributed by atoms with Gasteiger partial charge in [0.25, 0.3) is 11.8 Å². The van der Waals surface area contributed by atoms with Crippen molar-refractivity contribution in [1.29, 1.82) is 0 Å². The summed E-state index contributed by atoms with van der Waals surface area (Å²) in [6, 6.07) is 12.3. The van der Waals surface area contributed by atoms with Crippen LogP contribution in [0.2, 0.25) is 0 Å². The summed E-state index contributed by atoms with van der Waals surface area (Å²) in [5.41, 5.74) is 2.93. The van der Waals surface area contributed by atoms with Gasteiger partial charge in [0.05, 0.1) is 57.9 Å². The lowest BCUT2D eigenvalue weighted by Crippen LogP contribution is -2.50. The van der Waals surface area contributed by atoms with E-state index in [0.717, 1.165) is 11.6 Å². The lowest BCUT2D eigenvalue weighted by Gasteiger charge is -2.34. The third kappa shape index (κ3) is 5.68. The van der Waals surface area contributed by atoms with Gasteiger partial charge in [-0.25, -0.2) is 18.4 Å². The summed E-state index contributed by atoms with van der Waals surface area (Å²) in [7, 11) is -3.52. The zero-order valence-electron chi connectivity index (χ0n) is 22.5. The molecule has 5 heterocycles. The molecular weight excluding hydrogens is 532 g/mol. The fraction of sp³-hybridized carbons (Fsp3) is 0.286. The van der Waals surface area contributed by atoms with E-state index in [-0.39, 0.29) is 29.0 Å². The van der Waals surface area contributed by atoms with E-state index in [0.29, 0.717) is 40.7 Å². The second-order valence-corrected chi connectivity index (χ2v) is 11.7. The Hall–Kier alpha value is -4.29. The van der Waals surface area contributed by atoms with Gasteiger partial charge in [-0.3, -0.25) is 24.5 Å². The number of nitrogens with zero attached hydrogens (tertiary/aromatic N) is 5. The second-order valence-electron chi connectivity index (χ2n) is 9.75. The predicted octanol–water partition coefficient (Wildman–Crippen LogP) is 2.87. The summed E-state index contributed by atoms with van der Waals surface area (Å²) < 4.78 is 29.6. The maximum Gasteiger partial charge on any atom is 0.257 e. The molecule has 0 spiro atoms. The van der Waals surface area contributed by atoms with Crippen LogP contribution in [0.15, 0.2) is 59.8 Å². The molecule has 4 aromatic rings. The molecule has 2 atom stereocenters. The standard InChI is InChI=1S/C28H28N6O5S/c1-16-15-34(28(36)18(3)39-16)26-7-5-6-22(33-26)23-9-8-19-12-30-21(11-24(19)32-23)14-31-27(35)20-10-25(40(4,37)38)17(2)29-13-20/h5-13,16,18H,14-15H2,1-4H3,(H,31,35). The Morgan fingerprint density at radius 2 is 1.85 bits per heavy atom. The monoisotopic (exact) mass is 560 g/mol. The topological polar surface area (TPSA) is 144 Å². The number of carbonyl (C=O) groups excluding carboxylic acids is 2. The zero-order chi connectivity index (χ0) is 28.6. The summed E-state index contributed by atoms with van der Waals surface area (Å²) in [6.45, 7) is 5.75. The molecule has 206 valence electrons. The highest BCUT2D eigenvalue weighted by Crippen LogP contribution is 2.25. The van der Waals surface area contributed by atoms with Gasteiger partial charge in [0.15, 0.2) is 9.84 Å². The molecule has 2 amide bonds. The molecule has 5 rings (SSSR count). The van der Waals surface area contributed by atoms with Gasteiger partial charge in [-0.05, 0) is 57.2 Å². The van der Waals surface area contributed by atoms with Gasteiger partial charge in [-0.15, -0.1) is 0 Å². The minimum atomic E-state index is -3.52. The quantitative estimate of drug-likeness (QED) is 0.376. The van der Waals surface area contributed by atoms with E-state index in [1.807, 2.05) is 31.2 Å². The number of rotatable bonds is 6. The summed E-state index contributed by atoms with van der Waals surface area (Å²) in [4.78, 5) is 45.0. The molecule has 40 heavy (non-hydrogen) atoms. The van der Waals surface area contributed by atoms with Crippen molar-refractivity contribution < 1.29 is 22.7 Å². The fourth-order valence-corrected chi connectivity index (χ4v) is 5.45. The number of aromatic nitrogens is 4. The maximum absolute atomic E-state index is 12.7. The molecule has 0 aromatic carbocycles. The first kappa shape index (κ1) is 27.3. The summed E-state index contributed by atoms with van der Waals surface area (Å²) in [6.07, 6.45) is 3.44. The molecule has 0 radical (unpaired) electrons. The molecule has 1 saturated heterocycles. The van der Waals surface area contributed by atoms with Crippen LogP contribution in [0.4, 0.5) is 5.82 Å². The highest BCUT2D eigenvalue weighted by Gasteiger charge is 2.31. The minimum Gasteiger partial charge on any atom is -0.364 e. The van der Waals surface area contributed by atoms with Crippen molar-refractivity contribution in [3.05, 3.63) is 71.8 Å². The number of sulfone groups is 1. The van der Waals surface area contributed by atoms with Gasteiger partial charge < -0.3 is 10.1 Å². The third-order valence-electron chi connectivity index (χ3n) is 6.53. The van der Waals surface area contributed by atoms with Crippen molar-refractivity contribution in [3.63, 3.8) is 0 Å². The van der Waals surface area contributed by atoms with E-state index in [4.69, 9.17) is 14.7 Å². The van der Waals surface area contributed by atoms with E-state index in [2.05, 4.69) is 15.3 Å². The first-order chi connectivity index (χ1) is 19.0. The summed E-state index contributed by atoms with van der Waals surface area (Å²) in [5.74, 6) is -0.0709. The number of amides is 2. The Bertz CT molecular complexity index is 1740. The molecule has 1 fully saturated rings. The van der Waals surface area contributed by atoms with Crippen LogP contribution in [0.3, 0.4) is 0 Å². The van der Waals surface area contributed by atoms with Gasteiger partial charge in [0, 0.05) is 24.0 Å². The van der Waals surface area contributed by atoms with Crippen LogP contribution in [-0.4, -0.2) is 65.2 Å². The largest absolute Gasteiger partial charge is 0.364 e. The Balaban J connectivity index is 1.36. The Morgan fingerprint density at radius 3 is 2.62 bits per heavy atom. The van der Waals surface area contributed by atoms with Gasteiger partial charge >= 0.3 is 0 Å². The maximum atomic E-state index is 12.7. The Kier molecular flexibility index (Phi) is 7.30. The van der Waals surface area contributed by atoms with Gasteiger partial charge in [0.1, 0.15) is 11.9 Å². The first-order valence-corrected chi connectivity index (χ1v) is 14.5. The first-order valence-electron chi connectivity index (χ1n) is 12.6. The van der Waals surface area contributed by atoms with Gasteiger partial charge in [0.2, 0.25) is 0 Å². The van der Waals surface area contributed by atoms with Crippen molar-refractivity contribution in [2.75, 3.05) is 17.7 Å². The van der Waals surface area contributed by atoms with E-state index in [1.54, 1.807) is 37.1 Å². The minimum absolute atomic E-state index is 0.0143. The average molecular weight is 561 g/mol. The van der Waals surface area contributed by atoms with Crippen LogP contribution < -0.4 is 10.2 Å². The van der Waals surface area contributed by atoms with Gasteiger partial charge in [-0.1, -0.05) is 6.07 Å². The number of morpholine rings is 1. The highest BCUT2D eigenvalue weighted by molar-refractivity contribution is 7.90. The van der Waals surface area contributed by atoms with Crippen LogP contribution in [-0.2, 0) is 25.9 Å². The number of carbonyl (C=O) groups is 2. The zero-order valence-corrected chi connectivity index (χ0v) is 23.3. The lowest BCUT2D eigenvalue weighted by atomic mass is 10.1. The number of hydrogen-bond acceptors (Lipinski definition) is 9. The molecule has 1 aliphatic heterocycles. The number of ether oxygens (including phenoxy) is 1. The number of aryl methyl sites for hydroxylation is 1. The number of anilines is 1. The van der Waals surface area contributed by atoms with Crippen molar-refractivity contribution in [2.45, 2.75) is 44.4 Å². The molecule has 12 heteroatoms. The van der Waals surface area contributed by atoms with Crippen LogP contribution in [0.1, 0.15) is 35.6 Å². The van der Waals surface area contributed by atoms with E-state index < -0.39 is 21.8 Å². The normalized spacial score (nSPS) is 17.7. The molecule has 1 aliphatic rings. The van der Waals surface area contributed by atoms with E-state index >= 15 is 0 Å². The third-order valence-corrected chi connectivity index (χ3v) is 7.74. The molecule has 11 nitrogen and oxygen atoms in total. The molecule has 1 N–H and O–H groups in total. The summed E-state index contributed by atoms with van der Waals surface area (Å²) >= 11 is 0. The molecule has 4 aromatic heterocycles. The van der Waals surface area contributed by atoms with Crippen molar-refractivity contribution in [1.82, 2.24) is 25.3 Å². The van der Waals surface area contributed by atoms with Crippen molar-refractivity contribution >= 4 is 38.4 Å². The number of fused-ring (bicyclic) bond motifs is 1. The average Bonchev–Trinajstić information content (AvgIpc) is 2.93. The Labute approximate surface area is 231 Å². The van der Waals surface area contributed by atoms with Crippen LogP contribution in [0, 0.1) is 6.92 Å². The summed E-state index contributed by atoms with van der Waals surface area (Å²) in [5, 5.41) is 3.56. The smallest absolute Gasteiger partial charge is 0.257 e. The SMILES string of the molecule is Cc1ncc(C(=O)NCc2cc3nc(-c4cccc(N5CC(C)OC(C)C5=O)n4)ccc3cn2)cc1S(C)(=O)=O. The number of hydrogen-bond donors (Lipinski definition) is 1. The highest BCUT2D eigenvalue weighted by atomic mass is 32.2. The van der Waals surface area contributed by atoms with Crippen LogP contribution in [0.5, 0.6) is 0 Å². The molecule has 2 unspecified atom stereocenters. The molecule has 0 saturated carbocycles. The van der Waals surface area contributed by atoms with Crippen molar-refractivity contribution in [3.8, 4) is 11.4 Å². The predicted molar refractivity (Wildman–Crippen MR) is 148 cm³/mol. The van der Waals surface area contributed by atoms with E-state index in [1.165, 1.54) is 12.3 Å². The van der Waals surface area contributed by atoms with Gasteiger partial charge in [-0.2, -0.15) is 0 Å². The number of pyridine rings is 4. The van der Waals surface area contributed by atoms with E-state index in [9.17, 15) is 18.0 Å². The lowest BCUT2D eigenvalue weighted by molar-refractivity contribution is -0.137. The second kappa shape index (κ2) is 10.7. The fourth-order valence-electron chi connectivity index (χ4n) is 4.52.